The fourth-order valence-electron chi connectivity index (χ4n) is 3.84. The van der Waals surface area contributed by atoms with Crippen molar-refractivity contribution in [2.45, 2.75) is 26.7 Å². The Bertz CT molecular complexity index is 949. The van der Waals surface area contributed by atoms with Crippen molar-refractivity contribution < 1.29 is 19.1 Å². The van der Waals surface area contributed by atoms with Crippen molar-refractivity contribution in [3.8, 4) is 5.88 Å². The quantitative estimate of drug-likeness (QED) is 0.700. The molecule has 9 nitrogen and oxygen atoms in total. The van der Waals surface area contributed by atoms with Crippen molar-refractivity contribution in [2.75, 3.05) is 36.0 Å². The van der Waals surface area contributed by atoms with E-state index in [0.29, 0.717) is 44.7 Å². The number of hydrogen-bond acceptors (Lipinski definition) is 7. The van der Waals surface area contributed by atoms with Crippen LogP contribution in [0, 0.1) is 5.41 Å². The average Bonchev–Trinajstić information content (AvgIpc) is 2.74. The molecule has 2 saturated heterocycles. The van der Waals surface area contributed by atoms with Crippen molar-refractivity contribution in [1.82, 2.24) is 14.9 Å². The van der Waals surface area contributed by atoms with Gasteiger partial charge in [-0.1, -0.05) is 19.9 Å². The number of amides is 3. The highest BCUT2D eigenvalue weighted by Crippen LogP contribution is 2.34. The fourth-order valence-corrected chi connectivity index (χ4v) is 3.84. The summed E-state index contributed by atoms with van der Waals surface area (Å²) in [5, 5.41) is 0. The summed E-state index contributed by atoms with van der Waals surface area (Å²) in [5.41, 5.74) is 0.0445. The van der Waals surface area contributed by atoms with Gasteiger partial charge < -0.3 is 14.5 Å². The number of piperidine rings is 1. The molecule has 4 heterocycles. The van der Waals surface area contributed by atoms with E-state index in [9.17, 15) is 14.4 Å². The molecule has 0 saturated carbocycles. The average molecular weight is 423 g/mol. The molecule has 0 aromatic carbocycles. The highest BCUT2D eigenvalue weighted by atomic mass is 16.6. The van der Waals surface area contributed by atoms with Gasteiger partial charge in [-0.25, -0.2) is 19.7 Å². The smallest absolute Gasteiger partial charge is 0.391 e. The lowest BCUT2D eigenvalue weighted by molar-refractivity contribution is -0.132. The van der Waals surface area contributed by atoms with E-state index < -0.39 is 6.09 Å². The van der Waals surface area contributed by atoms with Crippen LogP contribution in [-0.2, 0) is 9.59 Å². The summed E-state index contributed by atoms with van der Waals surface area (Å²) in [4.78, 5) is 50.6. The van der Waals surface area contributed by atoms with E-state index in [2.05, 4.69) is 14.9 Å². The number of carbonyl (C=O) groups is 3. The summed E-state index contributed by atoms with van der Waals surface area (Å²) in [5.74, 6) is 0.508. The Balaban J connectivity index is 1.34. The number of anilines is 2. The van der Waals surface area contributed by atoms with E-state index in [1.54, 1.807) is 17.2 Å². The third kappa shape index (κ3) is 4.65. The first kappa shape index (κ1) is 20.8. The van der Waals surface area contributed by atoms with E-state index >= 15 is 0 Å². The normalized spacial score (nSPS) is 18.8. The number of carbonyl (C=O) groups excluding carboxylic acids is 3. The largest absolute Gasteiger partial charge is 0.416 e. The molecule has 3 amide bonds. The number of piperazine rings is 1. The predicted molar refractivity (Wildman–Crippen MR) is 114 cm³/mol. The first-order chi connectivity index (χ1) is 14.8. The molecule has 0 bridgehead atoms. The second-order valence-corrected chi connectivity index (χ2v) is 8.53. The molecule has 0 aliphatic carbocycles. The van der Waals surface area contributed by atoms with Crippen LogP contribution >= 0.6 is 0 Å². The van der Waals surface area contributed by atoms with Crippen molar-refractivity contribution in [1.29, 1.82) is 0 Å². The third-order valence-electron chi connectivity index (χ3n) is 5.44. The first-order valence-corrected chi connectivity index (χ1v) is 10.3. The monoisotopic (exact) mass is 423 g/mol. The van der Waals surface area contributed by atoms with E-state index in [1.807, 2.05) is 32.0 Å². The third-order valence-corrected chi connectivity index (χ3v) is 5.44. The number of ether oxygens (including phenoxy) is 1. The standard InChI is InChI=1S/C22H25N5O4/c1-22(2)13-19(28)27(20(29)14-22)16-6-7-18(24-15-16)31-21(30)26-11-9-25(10-12-26)17-5-3-4-8-23-17/h3-8,15H,9-14H2,1-2H3. The van der Waals surface area contributed by atoms with Gasteiger partial charge in [0.25, 0.3) is 0 Å². The van der Waals surface area contributed by atoms with Gasteiger partial charge in [0.1, 0.15) is 5.82 Å². The van der Waals surface area contributed by atoms with Crippen LogP contribution in [0.25, 0.3) is 0 Å². The fraction of sp³-hybridized carbons (Fsp3) is 0.409. The molecular formula is C22H25N5O4. The lowest BCUT2D eigenvalue weighted by Gasteiger charge is -2.35. The molecule has 0 N–H and O–H groups in total. The van der Waals surface area contributed by atoms with Crippen LogP contribution in [0.1, 0.15) is 26.7 Å². The highest BCUT2D eigenvalue weighted by molar-refractivity contribution is 6.16. The van der Waals surface area contributed by atoms with Crippen LogP contribution < -0.4 is 14.5 Å². The zero-order chi connectivity index (χ0) is 22.0. The van der Waals surface area contributed by atoms with Gasteiger partial charge in [-0.05, 0) is 23.6 Å². The van der Waals surface area contributed by atoms with E-state index in [0.717, 1.165) is 10.7 Å². The second kappa shape index (κ2) is 8.33. The summed E-state index contributed by atoms with van der Waals surface area (Å²) < 4.78 is 5.38. The molecule has 31 heavy (non-hydrogen) atoms. The summed E-state index contributed by atoms with van der Waals surface area (Å²) in [6.45, 7) is 6.15. The Hall–Kier alpha value is -3.49. The lowest BCUT2D eigenvalue weighted by atomic mass is 9.81. The lowest BCUT2D eigenvalue weighted by Crippen LogP contribution is -2.49. The second-order valence-electron chi connectivity index (χ2n) is 8.53. The van der Waals surface area contributed by atoms with Crippen LogP contribution in [0.4, 0.5) is 16.3 Å². The number of pyridine rings is 2. The Morgan fingerprint density at radius 3 is 2.26 bits per heavy atom. The maximum Gasteiger partial charge on any atom is 0.416 e. The van der Waals surface area contributed by atoms with Gasteiger partial charge in [0.05, 0.1) is 11.9 Å². The number of hydrogen-bond donors (Lipinski definition) is 0. The minimum Gasteiger partial charge on any atom is -0.391 e. The zero-order valence-electron chi connectivity index (χ0n) is 17.7. The molecule has 162 valence electrons. The Morgan fingerprint density at radius 1 is 0.968 bits per heavy atom. The minimum atomic E-state index is -0.479. The SMILES string of the molecule is CC1(C)CC(=O)N(c2ccc(OC(=O)N3CCN(c4ccccn4)CC3)nc2)C(=O)C1. The molecule has 4 rings (SSSR count). The predicted octanol–water partition coefficient (Wildman–Crippen LogP) is 2.48. The molecule has 2 aliphatic rings. The molecule has 2 fully saturated rings. The summed E-state index contributed by atoms with van der Waals surface area (Å²) in [7, 11) is 0. The minimum absolute atomic E-state index is 0.123. The molecular weight excluding hydrogens is 398 g/mol. The number of rotatable bonds is 3. The first-order valence-electron chi connectivity index (χ1n) is 10.3. The van der Waals surface area contributed by atoms with Gasteiger partial charge in [-0.3, -0.25) is 9.59 Å². The zero-order valence-corrected chi connectivity index (χ0v) is 17.7. The van der Waals surface area contributed by atoms with Gasteiger partial charge in [-0.15, -0.1) is 0 Å². The highest BCUT2D eigenvalue weighted by Gasteiger charge is 2.38. The van der Waals surface area contributed by atoms with E-state index in [4.69, 9.17) is 4.74 Å². The van der Waals surface area contributed by atoms with Crippen LogP contribution in [-0.4, -0.2) is 59.0 Å². The van der Waals surface area contributed by atoms with Gasteiger partial charge in [0.15, 0.2) is 0 Å². The summed E-state index contributed by atoms with van der Waals surface area (Å²) in [6.07, 6.45) is 3.24. The Labute approximate surface area is 180 Å². The topological polar surface area (TPSA) is 95.9 Å². The summed E-state index contributed by atoms with van der Waals surface area (Å²) in [6, 6.07) is 8.82. The number of nitrogens with zero attached hydrogens (tertiary/aromatic N) is 5. The molecule has 0 spiro atoms. The Morgan fingerprint density at radius 2 is 1.68 bits per heavy atom. The van der Waals surface area contributed by atoms with Crippen molar-refractivity contribution in [3.05, 3.63) is 42.7 Å². The maximum absolute atomic E-state index is 12.5. The Kier molecular flexibility index (Phi) is 5.58. The van der Waals surface area contributed by atoms with Gasteiger partial charge in [-0.2, -0.15) is 0 Å². The van der Waals surface area contributed by atoms with E-state index in [-0.39, 0.29) is 23.1 Å². The molecule has 2 aliphatic heterocycles. The molecule has 9 heteroatoms. The molecule has 2 aromatic rings. The van der Waals surface area contributed by atoms with Crippen molar-refractivity contribution in [3.63, 3.8) is 0 Å². The van der Waals surface area contributed by atoms with Crippen LogP contribution in [0.5, 0.6) is 5.88 Å². The molecule has 0 unspecified atom stereocenters. The van der Waals surface area contributed by atoms with E-state index in [1.165, 1.54) is 12.3 Å². The molecule has 0 radical (unpaired) electrons. The van der Waals surface area contributed by atoms with Gasteiger partial charge in [0, 0.05) is 51.3 Å². The van der Waals surface area contributed by atoms with Crippen molar-refractivity contribution >= 4 is 29.4 Å². The maximum atomic E-state index is 12.5. The van der Waals surface area contributed by atoms with Crippen LogP contribution in [0.3, 0.4) is 0 Å². The van der Waals surface area contributed by atoms with Crippen molar-refractivity contribution in [2.24, 2.45) is 5.41 Å². The number of aromatic nitrogens is 2. The molecule has 0 atom stereocenters. The van der Waals surface area contributed by atoms with Crippen LogP contribution in [0.15, 0.2) is 42.7 Å². The summed E-state index contributed by atoms with van der Waals surface area (Å²) >= 11 is 0. The van der Waals surface area contributed by atoms with Gasteiger partial charge in [0.2, 0.25) is 17.7 Å². The number of imide groups is 1. The van der Waals surface area contributed by atoms with Gasteiger partial charge >= 0.3 is 6.09 Å². The van der Waals surface area contributed by atoms with Crippen LogP contribution in [0.2, 0.25) is 0 Å². The molecule has 2 aromatic heterocycles.